The third kappa shape index (κ3) is 4.19. The molecule has 1 aliphatic carbocycles. The van der Waals surface area contributed by atoms with Crippen LogP contribution >= 0.6 is 11.8 Å². The van der Waals surface area contributed by atoms with Crippen molar-refractivity contribution in [3.05, 3.63) is 54.4 Å². The molecule has 0 atom stereocenters. The van der Waals surface area contributed by atoms with E-state index in [9.17, 15) is 4.79 Å². The Morgan fingerprint density at radius 2 is 1.89 bits per heavy atom. The van der Waals surface area contributed by atoms with Gasteiger partial charge >= 0.3 is 0 Å². The van der Waals surface area contributed by atoms with Gasteiger partial charge in [0.05, 0.1) is 5.75 Å². The lowest BCUT2D eigenvalue weighted by molar-refractivity contribution is -0.113. The summed E-state index contributed by atoms with van der Waals surface area (Å²) < 4.78 is 2.01. The second kappa shape index (κ2) is 7.92. The van der Waals surface area contributed by atoms with Crippen LogP contribution < -0.4 is 5.32 Å². The monoisotopic (exact) mass is 379 g/mol. The molecule has 0 aliphatic heterocycles. The third-order valence-electron chi connectivity index (χ3n) is 4.55. The van der Waals surface area contributed by atoms with Crippen molar-refractivity contribution in [3.63, 3.8) is 0 Å². The van der Waals surface area contributed by atoms with E-state index in [1.165, 1.54) is 30.2 Å². The fraction of sp³-hybridized carbons (Fsp3) is 0.300. The molecule has 27 heavy (non-hydrogen) atoms. The van der Waals surface area contributed by atoms with Gasteiger partial charge in [0.2, 0.25) is 5.91 Å². The number of aromatic nitrogens is 4. The van der Waals surface area contributed by atoms with Gasteiger partial charge in [-0.15, -0.1) is 10.2 Å². The third-order valence-corrected chi connectivity index (χ3v) is 5.51. The summed E-state index contributed by atoms with van der Waals surface area (Å²) in [5.41, 5.74) is 3.16. The Bertz CT molecular complexity index is 919. The largest absolute Gasteiger partial charge is 0.325 e. The maximum atomic E-state index is 12.3. The summed E-state index contributed by atoms with van der Waals surface area (Å²) in [5, 5.41) is 12.2. The molecule has 2 aromatic heterocycles. The molecule has 7 heteroatoms. The number of anilines is 1. The van der Waals surface area contributed by atoms with E-state index in [0.29, 0.717) is 5.75 Å². The number of carbonyl (C=O) groups excluding carboxylic acids is 1. The van der Waals surface area contributed by atoms with Gasteiger partial charge in [-0.25, -0.2) is 0 Å². The van der Waals surface area contributed by atoms with Crippen LogP contribution in [0.25, 0.3) is 11.4 Å². The maximum Gasteiger partial charge on any atom is 0.234 e. The average molecular weight is 379 g/mol. The highest BCUT2D eigenvalue weighted by atomic mass is 32.2. The number of hydrogen-bond acceptors (Lipinski definition) is 5. The van der Waals surface area contributed by atoms with E-state index in [2.05, 4.69) is 32.6 Å². The fourth-order valence-corrected chi connectivity index (χ4v) is 3.78. The van der Waals surface area contributed by atoms with Gasteiger partial charge in [0.15, 0.2) is 11.0 Å². The van der Waals surface area contributed by atoms with Crippen molar-refractivity contribution in [2.75, 3.05) is 11.1 Å². The average Bonchev–Trinajstić information content (AvgIpc) is 3.47. The van der Waals surface area contributed by atoms with Crippen molar-refractivity contribution >= 4 is 23.4 Å². The van der Waals surface area contributed by atoms with Gasteiger partial charge in [-0.1, -0.05) is 23.9 Å². The van der Waals surface area contributed by atoms with Crippen LogP contribution in [-0.2, 0) is 11.3 Å². The van der Waals surface area contributed by atoms with Crippen LogP contribution in [-0.4, -0.2) is 31.4 Å². The van der Waals surface area contributed by atoms with E-state index >= 15 is 0 Å². The molecule has 0 unspecified atom stereocenters. The Labute approximate surface area is 162 Å². The lowest BCUT2D eigenvalue weighted by Gasteiger charge is -2.08. The highest BCUT2D eigenvalue weighted by molar-refractivity contribution is 7.99. The van der Waals surface area contributed by atoms with Gasteiger partial charge in [0, 0.05) is 30.2 Å². The topological polar surface area (TPSA) is 72.7 Å². The molecule has 4 rings (SSSR count). The van der Waals surface area contributed by atoms with Crippen LogP contribution in [0.4, 0.5) is 5.69 Å². The zero-order chi connectivity index (χ0) is 18.6. The summed E-state index contributed by atoms with van der Waals surface area (Å²) in [5.74, 6) is 1.76. The number of nitrogens with zero attached hydrogens (tertiary/aromatic N) is 4. The van der Waals surface area contributed by atoms with Crippen LogP contribution in [0.5, 0.6) is 0 Å². The molecule has 138 valence electrons. The molecule has 1 amide bonds. The minimum absolute atomic E-state index is 0.0460. The van der Waals surface area contributed by atoms with Crippen molar-refractivity contribution in [1.29, 1.82) is 0 Å². The van der Waals surface area contributed by atoms with Crippen LogP contribution in [0.15, 0.2) is 53.9 Å². The summed E-state index contributed by atoms with van der Waals surface area (Å²) in [6, 6.07) is 12.0. The molecule has 1 aromatic carbocycles. The van der Waals surface area contributed by atoms with Gasteiger partial charge in [-0.05, 0) is 55.5 Å². The second-order valence-corrected chi connectivity index (χ2v) is 7.46. The molecular weight excluding hydrogens is 358 g/mol. The molecule has 0 bridgehead atoms. The number of rotatable bonds is 7. The summed E-state index contributed by atoms with van der Waals surface area (Å²) in [6.07, 6.45) is 6.03. The SMILES string of the molecule is CCn1c(SCC(=O)Nc2ccc(C3CC3)cc2)nnc1-c1ccncc1. The van der Waals surface area contributed by atoms with Crippen molar-refractivity contribution in [3.8, 4) is 11.4 Å². The van der Waals surface area contributed by atoms with E-state index < -0.39 is 0 Å². The summed E-state index contributed by atoms with van der Waals surface area (Å²) >= 11 is 1.39. The normalized spacial score (nSPS) is 13.5. The lowest BCUT2D eigenvalue weighted by Crippen LogP contribution is -2.14. The zero-order valence-electron chi connectivity index (χ0n) is 15.1. The molecule has 1 saturated carbocycles. The van der Waals surface area contributed by atoms with E-state index in [-0.39, 0.29) is 5.91 Å². The van der Waals surface area contributed by atoms with Gasteiger partial charge < -0.3 is 9.88 Å². The van der Waals surface area contributed by atoms with Crippen molar-refractivity contribution in [1.82, 2.24) is 19.7 Å². The zero-order valence-corrected chi connectivity index (χ0v) is 15.9. The Kier molecular flexibility index (Phi) is 5.20. The number of amides is 1. The predicted octanol–water partition coefficient (Wildman–Crippen LogP) is 3.97. The summed E-state index contributed by atoms with van der Waals surface area (Å²) in [7, 11) is 0. The van der Waals surface area contributed by atoms with E-state index in [4.69, 9.17) is 0 Å². The quantitative estimate of drug-likeness (QED) is 0.629. The first-order valence-corrected chi connectivity index (χ1v) is 10.1. The molecule has 0 saturated heterocycles. The first kappa shape index (κ1) is 17.7. The number of thioether (sulfide) groups is 1. The number of nitrogens with one attached hydrogen (secondary N) is 1. The highest BCUT2D eigenvalue weighted by Crippen LogP contribution is 2.40. The van der Waals surface area contributed by atoms with Crippen LogP contribution in [0, 0.1) is 0 Å². The molecule has 0 spiro atoms. The number of benzene rings is 1. The Morgan fingerprint density at radius 1 is 1.15 bits per heavy atom. The lowest BCUT2D eigenvalue weighted by atomic mass is 10.1. The first-order valence-electron chi connectivity index (χ1n) is 9.11. The Morgan fingerprint density at radius 3 is 2.56 bits per heavy atom. The van der Waals surface area contributed by atoms with Crippen LogP contribution in [0.3, 0.4) is 0 Å². The minimum atomic E-state index is -0.0460. The maximum absolute atomic E-state index is 12.3. The molecule has 1 fully saturated rings. The van der Waals surface area contributed by atoms with Crippen molar-refractivity contribution in [2.45, 2.75) is 37.4 Å². The van der Waals surface area contributed by atoms with Gasteiger partial charge in [0.1, 0.15) is 0 Å². The van der Waals surface area contributed by atoms with E-state index in [1.807, 2.05) is 35.8 Å². The minimum Gasteiger partial charge on any atom is -0.325 e. The molecule has 0 radical (unpaired) electrons. The first-order chi connectivity index (χ1) is 13.2. The molecule has 2 heterocycles. The van der Waals surface area contributed by atoms with Crippen molar-refractivity contribution in [2.24, 2.45) is 0 Å². The molecular formula is C20H21N5OS. The fourth-order valence-electron chi connectivity index (χ4n) is 2.98. The van der Waals surface area contributed by atoms with Gasteiger partial charge in [-0.3, -0.25) is 9.78 Å². The standard InChI is InChI=1S/C20H21N5OS/c1-2-25-19(16-9-11-21-12-10-16)23-24-20(25)27-13-18(26)22-17-7-5-15(6-8-17)14-3-4-14/h5-12,14H,2-4,13H2,1H3,(H,22,26). The number of pyridine rings is 1. The van der Waals surface area contributed by atoms with E-state index in [0.717, 1.165) is 34.7 Å². The number of hydrogen-bond donors (Lipinski definition) is 1. The summed E-state index contributed by atoms with van der Waals surface area (Å²) in [4.78, 5) is 16.3. The summed E-state index contributed by atoms with van der Waals surface area (Å²) in [6.45, 7) is 2.77. The second-order valence-electron chi connectivity index (χ2n) is 6.52. The van der Waals surface area contributed by atoms with Gasteiger partial charge in [-0.2, -0.15) is 0 Å². The van der Waals surface area contributed by atoms with Gasteiger partial charge in [0.25, 0.3) is 0 Å². The molecule has 1 aliphatic rings. The molecule has 6 nitrogen and oxygen atoms in total. The predicted molar refractivity (Wildman–Crippen MR) is 107 cm³/mol. The van der Waals surface area contributed by atoms with Crippen LogP contribution in [0.1, 0.15) is 31.2 Å². The Balaban J connectivity index is 1.38. The smallest absolute Gasteiger partial charge is 0.234 e. The van der Waals surface area contributed by atoms with Crippen molar-refractivity contribution < 1.29 is 4.79 Å². The Hall–Kier alpha value is -2.67. The molecule has 3 aromatic rings. The highest BCUT2D eigenvalue weighted by Gasteiger charge is 2.23. The number of carbonyl (C=O) groups is 1. The van der Waals surface area contributed by atoms with E-state index in [1.54, 1.807) is 12.4 Å². The van der Waals surface area contributed by atoms with Crippen LogP contribution in [0.2, 0.25) is 0 Å². The molecule has 1 N–H and O–H groups in total.